The second kappa shape index (κ2) is 3.80. The van der Waals surface area contributed by atoms with Crippen molar-refractivity contribution >= 4 is 0 Å². The molecule has 1 aromatic heterocycles. The van der Waals surface area contributed by atoms with Gasteiger partial charge in [0.2, 0.25) is 6.79 Å². The largest absolute Gasteiger partial charge is 0.453 e. The van der Waals surface area contributed by atoms with Crippen LogP contribution in [0.25, 0.3) is 11.3 Å². The SMILES string of the molecule is CC(C)c1ccc(-c2cnc[nH]2)c2c1OCO2. The molecule has 4 nitrogen and oxygen atoms in total. The first-order valence-corrected chi connectivity index (χ1v) is 5.68. The number of nitrogens with one attached hydrogen (secondary N) is 1. The van der Waals surface area contributed by atoms with Gasteiger partial charge in [0.05, 0.1) is 18.2 Å². The average molecular weight is 230 g/mol. The summed E-state index contributed by atoms with van der Waals surface area (Å²) < 4.78 is 11.1. The second-order valence-corrected chi connectivity index (χ2v) is 4.39. The van der Waals surface area contributed by atoms with Gasteiger partial charge in [0.25, 0.3) is 0 Å². The molecule has 0 unspecified atom stereocenters. The van der Waals surface area contributed by atoms with Crippen LogP contribution in [-0.4, -0.2) is 16.8 Å². The third-order valence-electron chi connectivity index (χ3n) is 2.96. The molecule has 0 saturated carbocycles. The fraction of sp³-hybridized carbons (Fsp3) is 0.308. The summed E-state index contributed by atoms with van der Waals surface area (Å²) in [6.45, 7) is 4.58. The minimum Gasteiger partial charge on any atom is -0.453 e. The molecule has 1 aliphatic rings. The number of hydrogen-bond donors (Lipinski definition) is 1. The Kier molecular flexibility index (Phi) is 2.28. The van der Waals surface area contributed by atoms with Crippen LogP contribution in [0.5, 0.6) is 11.5 Å². The zero-order valence-corrected chi connectivity index (χ0v) is 9.86. The molecule has 3 rings (SSSR count). The highest BCUT2D eigenvalue weighted by atomic mass is 16.7. The number of aromatic nitrogens is 2. The predicted molar refractivity (Wildman–Crippen MR) is 64.2 cm³/mol. The molecule has 0 aliphatic carbocycles. The summed E-state index contributed by atoms with van der Waals surface area (Å²) >= 11 is 0. The van der Waals surface area contributed by atoms with Gasteiger partial charge >= 0.3 is 0 Å². The van der Waals surface area contributed by atoms with Gasteiger partial charge in [0, 0.05) is 11.1 Å². The molecular formula is C13H14N2O2. The Morgan fingerprint density at radius 2 is 2.06 bits per heavy atom. The van der Waals surface area contributed by atoms with E-state index < -0.39 is 0 Å². The third-order valence-corrected chi connectivity index (χ3v) is 2.96. The Morgan fingerprint density at radius 1 is 1.24 bits per heavy atom. The van der Waals surface area contributed by atoms with Crippen molar-refractivity contribution in [2.75, 3.05) is 6.79 Å². The molecule has 0 fully saturated rings. The smallest absolute Gasteiger partial charge is 0.231 e. The van der Waals surface area contributed by atoms with Crippen LogP contribution in [-0.2, 0) is 0 Å². The fourth-order valence-corrected chi connectivity index (χ4v) is 2.09. The third kappa shape index (κ3) is 1.56. The van der Waals surface area contributed by atoms with E-state index in [0.717, 1.165) is 22.8 Å². The van der Waals surface area contributed by atoms with Crippen LogP contribution < -0.4 is 9.47 Å². The number of imidazole rings is 1. The molecule has 17 heavy (non-hydrogen) atoms. The summed E-state index contributed by atoms with van der Waals surface area (Å²) in [5.74, 6) is 2.11. The summed E-state index contributed by atoms with van der Waals surface area (Å²) in [5.41, 5.74) is 3.13. The molecular weight excluding hydrogens is 216 g/mol. The van der Waals surface area contributed by atoms with Gasteiger partial charge in [0.15, 0.2) is 11.5 Å². The van der Waals surface area contributed by atoms with E-state index in [2.05, 4.69) is 35.9 Å². The molecule has 0 amide bonds. The minimum atomic E-state index is 0.292. The molecule has 4 heteroatoms. The molecule has 1 aliphatic heterocycles. The molecule has 0 radical (unpaired) electrons. The van der Waals surface area contributed by atoms with Crippen LogP contribution in [0.4, 0.5) is 0 Å². The van der Waals surface area contributed by atoms with Crippen molar-refractivity contribution in [1.29, 1.82) is 0 Å². The van der Waals surface area contributed by atoms with Gasteiger partial charge in [-0.25, -0.2) is 4.98 Å². The molecule has 0 bridgehead atoms. The standard InChI is InChI=1S/C13H14N2O2/c1-8(2)9-3-4-10(11-5-14-6-15-11)13-12(9)16-7-17-13/h3-6,8H,7H2,1-2H3,(H,14,15). The van der Waals surface area contributed by atoms with Crippen molar-refractivity contribution in [3.63, 3.8) is 0 Å². The van der Waals surface area contributed by atoms with Crippen molar-refractivity contribution in [3.8, 4) is 22.8 Å². The van der Waals surface area contributed by atoms with Crippen LogP contribution in [0.15, 0.2) is 24.7 Å². The first kappa shape index (κ1) is 10.2. The van der Waals surface area contributed by atoms with E-state index >= 15 is 0 Å². The summed E-state index contributed by atoms with van der Waals surface area (Å²) in [6.07, 6.45) is 3.44. The van der Waals surface area contributed by atoms with Crippen molar-refractivity contribution in [3.05, 3.63) is 30.2 Å². The Bertz CT molecular complexity index is 533. The Hall–Kier alpha value is -1.97. The number of H-pyrrole nitrogens is 1. The van der Waals surface area contributed by atoms with Gasteiger partial charge in [-0.15, -0.1) is 0 Å². The lowest BCUT2D eigenvalue weighted by Gasteiger charge is -2.11. The van der Waals surface area contributed by atoms with E-state index in [9.17, 15) is 0 Å². The maximum absolute atomic E-state index is 5.57. The molecule has 1 N–H and O–H groups in total. The van der Waals surface area contributed by atoms with Gasteiger partial charge < -0.3 is 14.5 Å². The normalized spacial score (nSPS) is 13.4. The van der Waals surface area contributed by atoms with Crippen LogP contribution >= 0.6 is 0 Å². The highest BCUT2D eigenvalue weighted by Gasteiger charge is 2.24. The van der Waals surface area contributed by atoms with Crippen molar-refractivity contribution in [1.82, 2.24) is 9.97 Å². The van der Waals surface area contributed by atoms with Gasteiger partial charge in [-0.3, -0.25) is 0 Å². The van der Waals surface area contributed by atoms with Gasteiger partial charge in [-0.2, -0.15) is 0 Å². The van der Waals surface area contributed by atoms with Crippen LogP contribution in [0.3, 0.4) is 0 Å². The van der Waals surface area contributed by atoms with E-state index in [1.54, 1.807) is 12.5 Å². The second-order valence-electron chi connectivity index (χ2n) is 4.39. The summed E-state index contributed by atoms with van der Waals surface area (Å²) in [7, 11) is 0. The zero-order chi connectivity index (χ0) is 11.8. The number of hydrogen-bond acceptors (Lipinski definition) is 3. The van der Waals surface area contributed by atoms with Gasteiger partial charge in [-0.1, -0.05) is 19.9 Å². The Labute approximate surface area is 99.6 Å². The topological polar surface area (TPSA) is 47.1 Å². The summed E-state index contributed by atoms with van der Waals surface area (Å²) in [5, 5.41) is 0. The molecule has 2 aromatic rings. The molecule has 0 saturated heterocycles. The average Bonchev–Trinajstić information content (AvgIpc) is 2.98. The molecule has 2 heterocycles. The first-order valence-electron chi connectivity index (χ1n) is 5.68. The van der Waals surface area contributed by atoms with E-state index in [0.29, 0.717) is 12.7 Å². The van der Waals surface area contributed by atoms with E-state index in [-0.39, 0.29) is 0 Å². The highest BCUT2D eigenvalue weighted by molar-refractivity contribution is 5.73. The quantitative estimate of drug-likeness (QED) is 0.862. The maximum atomic E-state index is 5.57. The predicted octanol–water partition coefficient (Wildman–Crippen LogP) is 2.93. The number of fused-ring (bicyclic) bond motifs is 1. The monoisotopic (exact) mass is 230 g/mol. The minimum absolute atomic E-state index is 0.292. The van der Waals surface area contributed by atoms with E-state index in [4.69, 9.17) is 9.47 Å². The fourth-order valence-electron chi connectivity index (χ4n) is 2.09. The number of nitrogens with zero attached hydrogens (tertiary/aromatic N) is 1. The summed E-state index contributed by atoms with van der Waals surface area (Å²) in [4.78, 5) is 7.11. The molecule has 88 valence electrons. The zero-order valence-electron chi connectivity index (χ0n) is 9.86. The molecule has 0 atom stereocenters. The number of rotatable bonds is 2. The summed E-state index contributed by atoms with van der Waals surface area (Å²) in [6, 6.07) is 4.14. The van der Waals surface area contributed by atoms with Crippen LogP contribution in [0.1, 0.15) is 25.3 Å². The van der Waals surface area contributed by atoms with Crippen LogP contribution in [0, 0.1) is 0 Å². The Balaban J connectivity index is 2.17. The molecule has 0 spiro atoms. The Morgan fingerprint density at radius 3 is 2.76 bits per heavy atom. The number of ether oxygens (including phenoxy) is 2. The van der Waals surface area contributed by atoms with E-state index in [1.165, 1.54) is 5.56 Å². The highest BCUT2D eigenvalue weighted by Crippen LogP contribution is 2.45. The van der Waals surface area contributed by atoms with Crippen LogP contribution in [0.2, 0.25) is 0 Å². The lowest BCUT2D eigenvalue weighted by atomic mass is 9.98. The van der Waals surface area contributed by atoms with Gasteiger partial charge in [-0.05, 0) is 12.0 Å². The lowest BCUT2D eigenvalue weighted by Crippen LogP contribution is -1.95. The van der Waals surface area contributed by atoms with Gasteiger partial charge in [0.1, 0.15) is 0 Å². The van der Waals surface area contributed by atoms with Crippen molar-refractivity contribution in [2.45, 2.75) is 19.8 Å². The van der Waals surface area contributed by atoms with E-state index in [1.807, 2.05) is 0 Å². The first-order chi connectivity index (χ1) is 8.27. The lowest BCUT2D eigenvalue weighted by molar-refractivity contribution is 0.173. The number of benzene rings is 1. The van der Waals surface area contributed by atoms with Crippen molar-refractivity contribution in [2.24, 2.45) is 0 Å². The molecule has 1 aromatic carbocycles. The maximum Gasteiger partial charge on any atom is 0.231 e. The van der Waals surface area contributed by atoms with Crippen molar-refractivity contribution < 1.29 is 9.47 Å². The number of aromatic amines is 1.